The summed E-state index contributed by atoms with van der Waals surface area (Å²) >= 11 is 0. The van der Waals surface area contributed by atoms with Crippen molar-refractivity contribution < 1.29 is 4.79 Å². The number of amides is 1. The zero-order valence-electron chi connectivity index (χ0n) is 20.3. The summed E-state index contributed by atoms with van der Waals surface area (Å²) in [5.74, 6) is 1.05. The first kappa shape index (κ1) is 22.8. The Balaban J connectivity index is 1.53. The fourth-order valence-electron chi connectivity index (χ4n) is 4.52. The Labute approximate surface area is 196 Å². The minimum absolute atomic E-state index is 0.0197. The largest absolute Gasteiger partial charge is 0.352 e. The smallest absolute Gasteiger partial charge is 0.251 e. The van der Waals surface area contributed by atoms with Crippen LogP contribution in [0.5, 0.6) is 0 Å². The maximum atomic E-state index is 12.5. The molecule has 33 heavy (non-hydrogen) atoms. The van der Waals surface area contributed by atoms with Crippen molar-refractivity contribution in [2.24, 2.45) is 0 Å². The van der Waals surface area contributed by atoms with Gasteiger partial charge in [0.2, 0.25) is 0 Å². The topological polar surface area (TPSA) is 46.9 Å². The van der Waals surface area contributed by atoms with E-state index in [1.165, 1.54) is 27.8 Å². The molecule has 4 rings (SSSR count). The van der Waals surface area contributed by atoms with E-state index in [2.05, 4.69) is 61.8 Å². The van der Waals surface area contributed by atoms with Crippen LogP contribution in [-0.4, -0.2) is 22.0 Å². The molecule has 0 aliphatic carbocycles. The highest BCUT2D eigenvalue weighted by atomic mass is 16.1. The Hall–Kier alpha value is -3.40. The molecule has 0 fully saturated rings. The van der Waals surface area contributed by atoms with E-state index in [0.29, 0.717) is 12.1 Å². The summed E-state index contributed by atoms with van der Waals surface area (Å²) in [6.45, 7) is 12.3. The van der Waals surface area contributed by atoms with Crippen LogP contribution in [0, 0.1) is 34.6 Å². The summed E-state index contributed by atoms with van der Waals surface area (Å²) in [6, 6.07) is 18.3. The number of fused-ring (bicyclic) bond motifs is 1. The first-order chi connectivity index (χ1) is 15.8. The van der Waals surface area contributed by atoms with Crippen molar-refractivity contribution in [2.45, 2.75) is 54.0 Å². The van der Waals surface area contributed by atoms with Crippen molar-refractivity contribution in [1.29, 1.82) is 0 Å². The van der Waals surface area contributed by atoms with Gasteiger partial charge >= 0.3 is 0 Å². The monoisotopic (exact) mass is 439 g/mol. The highest BCUT2D eigenvalue weighted by Gasteiger charge is 2.15. The normalized spacial score (nSPS) is 11.2. The lowest BCUT2D eigenvalue weighted by molar-refractivity contribution is 0.0953. The molecule has 0 bridgehead atoms. The molecule has 0 saturated heterocycles. The highest BCUT2D eigenvalue weighted by molar-refractivity contribution is 5.94. The summed E-state index contributed by atoms with van der Waals surface area (Å²) < 4.78 is 2.35. The predicted molar refractivity (Wildman–Crippen MR) is 136 cm³/mol. The van der Waals surface area contributed by atoms with Gasteiger partial charge in [0.1, 0.15) is 5.82 Å². The number of nitrogens with zero attached hydrogens (tertiary/aromatic N) is 2. The van der Waals surface area contributed by atoms with E-state index < -0.39 is 0 Å². The van der Waals surface area contributed by atoms with Gasteiger partial charge in [-0.3, -0.25) is 4.79 Å². The molecule has 1 aromatic heterocycles. The zero-order valence-corrected chi connectivity index (χ0v) is 20.3. The molecule has 0 aliphatic rings. The van der Waals surface area contributed by atoms with Gasteiger partial charge in [-0.25, -0.2) is 4.98 Å². The highest BCUT2D eigenvalue weighted by Crippen LogP contribution is 2.26. The number of aromatic nitrogens is 2. The minimum atomic E-state index is -0.0197. The predicted octanol–water partition coefficient (Wildman–Crippen LogP) is 5.99. The van der Waals surface area contributed by atoms with Gasteiger partial charge in [-0.05, 0) is 93.1 Å². The van der Waals surface area contributed by atoms with E-state index in [0.717, 1.165) is 41.8 Å². The summed E-state index contributed by atoms with van der Waals surface area (Å²) in [5.41, 5.74) is 10.7. The van der Waals surface area contributed by atoms with Crippen LogP contribution in [0.2, 0.25) is 0 Å². The molecule has 1 N–H and O–H groups in total. The number of benzene rings is 3. The maximum Gasteiger partial charge on any atom is 0.251 e. The quantitative estimate of drug-likeness (QED) is 0.360. The molecule has 4 aromatic rings. The molecule has 0 radical (unpaired) electrons. The first-order valence-electron chi connectivity index (χ1n) is 11.7. The molecule has 4 heteroatoms. The lowest BCUT2D eigenvalue weighted by Gasteiger charge is -2.18. The van der Waals surface area contributed by atoms with Crippen LogP contribution < -0.4 is 5.32 Å². The van der Waals surface area contributed by atoms with Crippen LogP contribution in [0.1, 0.15) is 56.0 Å². The zero-order chi connectivity index (χ0) is 23.5. The van der Waals surface area contributed by atoms with Gasteiger partial charge in [0.05, 0.1) is 11.0 Å². The van der Waals surface area contributed by atoms with Crippen LogP contribution >= 0.6 is 0 Å². The van der Waals surface area contributed by atoms with Crippen LogP contribution in [0.3, 0.4) is 0 Å². The number of imidazole rings is 1. The number of aryl methyl sites for hydroxylation is 4. The SMILES string of the molecule is Cc1cccc(C(=O)NCCCc2nc3ccccc3n2Cc2c(C)c(C)cc(C)c2C)c1. The van der Waals surface area contributed by atoms with Gasteiger partial charge in [-0.15, -0.1) is 0 Å². The van der Waals surface area contributed by atoms with E-state index in [1.807, 2.05) is 37.3 Å². The number of hydrogen-bond donors (Lipinski definition) is 1. The molecular formula is C29H33N3O. The number of carbonyl (C=O) groups excluding carboxylic acids is 1. The molecular weight excluding hydrogens is 406 g/mol. The second-order valence-electron chi connectivity index (χ2n) is 9.07. The van der Waals surface area contributed by atoms with Crippen molar-refractivity contribution >= 4 is 16.9 Å². The molecule has 1 amide bonds. The van der Waals surface area contributed by atoms with E-state index >= 15 is 0 Å². The molecule has 170 valence electrons. The van der Waals surface area contributed by atoms with Crippen molar-refractivity contribution in [2.75, 3.05) is 6.54 Å². The molecule has 0 saturated carbocycles. The van der Waals surface area contributed by atoms with Gasteiger partial charge < -0.3 is 9.88 Å². The lowest BCUT2D eigenvalue weighted by Crippen LogP contribution is -2.25. The summed E-state index contributed by atoms with van der Waals surface area (Å²) in [5, 5.41) is 3.06. The third kappa shape index (κ3) is 4.85. The Bertz CT molecular complexity index is 1290. The molecule has 1 heterocycles. The van der Waals surface area contributed by atoms with E-state index in [4.69, 9.17) is 4.98 Å². The number of rotatable bonds is 7. The number of hydrogen-bond acceptors (Lipinski definition) is 2. The molecule has 0 aliphatic heterocycles. The van der Waals surface area contributed by atoms with Crippen LogP contribution in [0.4, 0.5) is 0 Å². The summed E-state index contributed by atoms with van der Waals surface area (Å²) in [6.07, 6.45) is 1.65. The lowest BCUT2D eigenvalue weighted by atomic mass is 9.94. The molecule has 0 atom stereocenters. The van der Waals surface area contributed by atoms with Crippen LogP contribution in [-0.2, 0) is 13.0 Å². The number of para-hydroxylation sites is 2. The molecule has 0 unspecified atom stereocenters. The average molecular weight is 440 g/mol. The fourth-order valence-corrected chi connectivity index (χ4v) is 4.52. The Kier molecular flexibility index (Phi) is 6.64. The number of carbonyl (C=O) groups is 1. The fraction of sp³-hybridized carbons (Fsp3) is 0.310. The molecule has 0 spiro atoms. The van der Waals surface area contributed by atoms with Crippen molar-refractivity contribution in [3.63, 3.8) is 0 Å². The Morgan fingerprint density at radius 2 is 1.64 bits per heavy atom. The van der Waals surface area contributed by atoms with Crippen molar-refractivity contribution in [3.8, 4) is 0 Å². The van der Waals surface area contributed by atoms with Crippen LogP contribution in [0.15, 0.2) is 54.6 Å². The van der Waals surface area contributed by atoms with Gasteiger partial charge in [0.15, 0.2) is 0 Å². The van der Waals surface area contributed by atoms with E-state index in [9.17, 15) is 4.79 Å². The maximum absolute atomic E-state index is 12.5. The summed E-state index contributed by atoms with van der Waals surface area (Å²) in [7, 11) is 0. The van der Waals surface area contributed by atoms with E-state index in [1.54, 1.807) is 0 Å². The second-order valence-corrected chi connectivity index (χ2v) is 9.07. The van der Waals surface area contributed by atoms with Crippen molar-refractivity contribution in [3.05, 3.63) is 99.4 Å². The van der Waals surface area contributed by atoms with E-state index in [-0.39, 0.29) is 5.91 Å². The third-order valence-corrected chi connectivity index (χ3v) is 6.71. The molecule has 3 aromatic carbocycles. The molecule has 4 nitrogen and oxygen atoms in total. The Morgan fingerprint density at radius 1 is 0.909 bits per heavy atom. The van der Waals surface area contributed by atoms with Gasteiger partial charge in [-0.1, -0.05) is 35.9 Å². The average Bonchev–Trinajstić information content (AvgIpc) is 3.15. The standard InChI is InChI=1S/C29H33N3O/c1-19-10-8-11-24(16-19)29(33)30-15-9-14-28-31-26-12-6-7-13-27(26)32(28)18-25-22(4)20(2)17-21(3)23(25)5/h6-8,10-13,16-17H,9,14-15,18H2,1-5H3,(H,30,33). The van der Waals surface area contributed by atoms with Gasteiger partial charge in [-0.2, -0.15) is 0 Å². The minimum Gasteiger partial charge on any atom is -0.352 e. The van der Waals surface area contributed by atoms with Crippen LogP contribution in [0.25, 0.3) is 11.0 Å². The number of nitrogens with one attached hydrogen (secondary N) is 1. The first-order valence-corrected chi connectivity index (χ1v) is 11.7. The Morgan fingerprint density at radius 3 is 2.36 bits per heavy atom. The van der Waals surface area contributed by atoms with Crippen molar-refractivity contribution in [1.82, 2.24) is 14.9 Å². The van der Waals surface area contributed by atoms with Gasteiger partial charge in [0, 0.05) is 25.1 Å². The third-order valence-electron chi connectivity index (χ3n) is 6.71. The van der Waals surface area contributed by atoms with Gasteiger partial charge in [0.25, 0.3) is 5.91 Å². The second kappa shape index (κ2) is 9.62. The summed E-state index contributed by atoms with van der Waals surface area (Å²) in [4.78, 5) is 17.4.